The second-order valence-electron chi connectivity index (χ2n) is 9.71. The Morgan fingerprint density at radius 1 is 1.26 bits per heavy atom. The van der Waals surface area contributed by atoms with Crippen LogP contribution in [0.3, 0.4) is 0 Å². The molecule has 11 heteroatoms. The molecule has 3 aromatic heterocycles. The zero-order chi connectivity index (χ0) is 26.9. The van der Waals surface area contributed by atoms with Crippen LogP contribution in [0.1, 0.15) is 12.5 Å². The van der Waals surface area contributed by atoms with Gasteiger partial charge in [0.25, 0.3) is 5.92 Å². The smallest absolute Gasteiger partial charge is 0.272 e. The van der Waals surface area contributed by atoms with Crippen molar-refractivity contribution in [2.45, 2.75) is 12.8 Å². The maximum atomic E-state index is 13.1. The van der Waals surface area contributed by atoms with Gasteiger partial charge in [-0.25, -0.2) is 18.3 Å². The van der Waals surface area contributed by atoms with Crippen molar-refractivity contribution in [2.75, 3.05) is 57.3 Å². The summed E-state index contributed by atoms with van der Waals surface area (Å²) in [6.07, 6.45) is 6.60. The fraction of sp³-hybridized carbons (Fsp3) is 0.407. The number of halogens is 2. The van der Waals surface area contributed by atoms with E-state index in [0.29, 0.717) is 49.6 Å². The third kappa shape index (κ3) is 5.17. The first kappa shape index (κ1) is 25.6. The number of carbonyl (C=O) groups is 1. The van der Waals surface area contributed by atoms with E-state index in [1.807, 2.05) is 30.0 Å². The number of likely N-dealkylation sites (tertiary alicyclic amines) is 1. The van der Waals surface area contributed by atoms with Crippen molar-refractivity contribution in [3.05, 3.63) is 55.0 Å². The maximum Gasteiger partial charge on any atom is 0.272 e. The Kier molecular flexibility index (Phi) is 6.99. The Hall–Kier alpha value is -4.04. The van der Waals surface area contributed by atoms with Crippen molar-refractivity contribution < 1.29 is 18.3 Å². The Bertz CT molecular complexity index is 1370. The van der Waals surface area contributed by atoms with Crippen LogP contribution in [0.15, 0.2) is 49.4 Å². The molecule has 1 atom stereocenters. The summed E-state index contributed by atoms with van der Waals surface area (Å²) in [5.74, 6) is -1.39. The van der Waals surface area contributed by atoms with Gasteiger partial charge in [0.2, 0.25) is 5.91 Å². The van der Waals surface area contributed by atoms with E-state index in [9.17, 15) is 18.8 Å². The molecular formula is C27H29F2N7O2. The summed E-state index contributed by atoms with van der Waals surface area (Å²) in [5, 5.41) is 13.9. The fourth-order valence-electron chi connectivity index (χ4n) is 4.81. The van der Waals surface area contributed by atoms with E-state index >= 15 is 0 Å². The molecule has 0 radical (unpaired) electrons. The topological polar surface area (TPSA) is 90.0 Å². The fourth-order valence-corrected chi connectivity index (χ4v) is 4.81. The highest BCUT2D eigenvalue weighted by Gasteiger charge is 2.43. The lowest BCUT2D eigenvalue weighted by Gasteiger charge is -2.38. The van der Waals surface area contributed by atoms with E-state index in [4.69, 9.17) is 4.74 Å². The monoisotopic (exact) mass is 521 g/mol. The number of alkyl halides is 2. The number of piperazine rings is 1. The zero-order valence-corrected chi connectivity index (χ0v) is 21.2. The minimum absolute atomic E-state index is 0.0889. The number of hydrogen-bond acceptors (Lipinski definition) is 7. The summed E-state index contributed by atoms with van der Waals surface area (Å²) in [4.78, 5) is 22.7. The van der Waals surface area contributed by atoms with Gasteiger partial charge in [0, 0.05) is 50.0 Å². The molecule has 0 aliphatic carbocycles. The molecule has 0 saturated carbocycles. The van der Waals surface area contributed by atoms with E-state index in [-0.39, 0.29) is 31.5 Å². The third-order valence-electron chi connectivity index (χ3n) is 7.01. The lowest BCUT2D eigenvalue weighted by Crippen LogP contribution is -2.56. The number of rotatable bonds is 8. The number of hydrogen-bond donors (Lipinski definition) is 0. The molecule has 0 N–H and O–H groups in total. The van der Waals surface area contributed by atoms with Crippen LogP contribution < -0.4 is 9.64 Å². The summed E-state index contributed by atoms with van der Waals surface area (Å²) in [5.41, 5.74) is 2.59. The number of anilines is 1. The lowest BCUT2D eigenvalue weighted by molar-refractivity contribution is -0.134. The van der Waals surface area contributed by atoms with Gasteiger partial charge in [0.05, 0.1) is 42.5 Å². The lowest BCUT2D eigenvalue weighted by atomic mass is 10.1. The molecule has 38 heavy (non-hydrogen) atoms. The van der Waals surface area contributed by atoms with Crippen LogP contribution in [0, 0.1) is 17.2 Å². The molecule has 2 saturated heterocycles. The molecule has 1 unspecified atom stereocenters. The maximum absolute atomic E-state index is 13.1. The number of amides is 1. The molecule has 2 aliphatic rings. The third-order valence-corrected chi connectivity index (χ3v) is 7.01. The molecule has 5 rings (SSSR count). The molecule has 0 aromatic carbocycles. The predicted molar refractivity (Wildman–Crippen MR) is 138 cm³/mol. The molecule has 5 heterocycles. The summed E-state index contributed by atoms with van der Waals surface area (Å²) in [6, 6.07) is 7.87. The van der Waals surface area contributed by atoms with Crippen molar-refractivity contribution in [3.8, 4) is 22.9 Å². The largest absolute Gasteiger partial charge is 0.491 e. The van der Waals surface area contributed by atoms with Crippen LogP contribution in [0.25, 0.3) is 16.6 Å². The van der Waals surface area contributed by atoms with Crippen LogP contribution in [0.2, 0.25) is 0 Å². The second kappa shape index (κ2) is 10.4. The molecule has 2 fully saturated rings. The van der Waals surface area contributed by atoms with E-state index in [2.05, 4.69) is 27.6 Å². The number of carbonyl (C=O) groups excluding carboxylic acids is 1. The summed E-state index contributed by atoms with van der Waals surface area (Å²) >= 11 is 0. The first-order valence-corrected chi connectivity index (χ1v) is 12.5. The van der Waals surface area contributed by atoms with Gasteiger partial charge in [-0.05, 0) is 18.2 Å². The first-order valence-electron chi connectivity index (χ1n) is 12.5. The second-order valence-corrected chi connectivity index (χ2v) is 9.71. The molecule has 0 spiro atoms. The molecule has 2 aliphatic heterocycles. The quantitative estimate of drug-likeness (QED) is 0.421. The molecule has 0 bridgehead atoms. The molecular weight excluding hydrogens is 492 g/mol. The highest BCUT2D eigenvalue weighted by atomic mass is 19.3. The van der Waals surface area contributed by atoms with E-state index in [1.165, 1.54) is 6.20 Å². The van der Waals surface area contributed by atoms with E-state index < -0.39 is 5.92 Å². The van der Waals surface area contributed by atoms with Crippen molar-refractivity contribution in [3.63, 3.8) is 0 Å². The highest BCUT2D eigenvalue weighted by molar-refractivity contribution is 5.85. The van der Waals surface area contributed by atoms with Crippen LogP contribution >= 0.6 is 0 Å². The average molecular weight is 522 g/mol. The van der Waals surface area contributed by atoms with E-state index in [1.54, 1.807) is 27.9 Å². The average Bonchev–Trinajstić information content (AvgIpc) is 3.34. The summed E-state index contributed by atoms with van der Waals surface area (Å²) < 4.78 is 33.6. The molecule has 1 amide bonds. The number of aromatic nitrogens is 3. The van der Waals surface area contributed by atoms with Crippen LogP contribution in [0.4, 0.5) is 14.6 Å². The number of ether oxygens (including phenoxy) is 1. The van der Waals surface area contributed by atoms with Gasteiger partial charge < -0.3 is 14.5 Å². The normalized spacial score (nSPS) is 18.1. The number of nitrogens with zero attached hydrogens (tertiary/aromatic N) is 7. The van der Waals surface area contributed by atoms with Gasteiger partial charge in [0.1, 0.15) is 24.2 Å². The van der Waals surface area contributed by atoms with E-state index in [0.717, 1.165) is 16.9 Å². The van der Waals surface area contributed by atoms with Crippen molar-refractivity contribution in [2.24, 2.45) is 5.92 Å². The van der Waals surface area contributed by atoms with Gasteiger partial charge in [-0.15, -0.1) is 6.58 Å². The van der Waals surface area contributed by atoms with Gasteiger partial charge in [-0.2, -0.15) is 10.4 Å². The van der Waals surface area contributed by atoms with Crippen molar-refractivity contribution >= 4 is 17.2 Å². The number of pyridine rings is 2. The van der Waals surface area contributed by atoms with Crippen LogP contribution in [-0.2, 0) is 4.79 Å². The Balaban J connectivity index is 1.31. The Morgan fingerprint density at radius 3 is 2.66 bits per heavy atom. The minimum atomic E-state index is -2.61. The van der Waals surface area contributed by atoms with Crippen LogP contribution in [-0.4, -0.2) is 88.6 Å². The number of nitriles is 1. The molecule has 3 aromatic rings. The summed E-state index contributed by atoms with van der Waals surface area (Å²) in [7, 11) is 0. The van der Waals surface area contributed by atoms with Crippen LogP contribution in [0.5, 0.6) is 5.75 Å². The van der Waals surface area contributed by atoms with Gasteiger partial charge in [-0.1, -0.05) is 13.0 Å². The van der Waals surface area contributed by atoms with Crippen molar-refractivity contribution in [1.29, 1.82) is 5.26 Å². The van der Waals surface area contributed by atoms with Gasteiger partial charge >= 0.3 is 0 Å². The first-order chi connectivity index (χ1) is 18.3. The molecule has 198 valence electrons. The highest BCUT2D eigenvalue weighted by Crippen LogP contribution is 2.32. The zero-order valence-electron chi connectivity index (χ0n) is 21.2. The van der Waals surface area contributed by atoms with Gasteiger partial charge in [0.15, 0.2) is 0 Å². The standard InChI is InChI=1S/C27H29F2N7O2/c1-3-19(2)26(37)35-8-6-34(7-9-35)24-5-4-20(14-31-24)23-12-22(16-36-25(23)21(13-30)15-32-36)38-11-10-33-17-27(28,29)18-33/h3-5,12,14-16,19H,1,6-11,17-18H2,2H3. The predicted octanol–water partition coefficient (Wildman–Crippen LogP) is 3.07. The SMILES string of the molecule is C=CC(C)C(=O)N1CCN(c2ccc(-c3cc(OCCN4CC(F)(F)C4)cn4ncc(C#N)c34)cn2)CC1. The van der Waals surface area contributed by atoms with Crippen molar-refractivity contribution in [1.82, 2.24) is 24.4 Å². The molecule has 9 nitrogen and oxygen atoms in total. The Morgan fingerprint density at radius 2 is 2.03 bits per heavy atom. The Labute approximate surface area is 219 Å². The minimum Gasteiger partial charge on any atom is -0.491 e. The summed E-state index contributed by atoms with van der Waals surface area (Å²) in [6.45, 7) is 8.32. The number of fused-ring (bicyclic) bond motifs is 1. The van der Waals surface area contributed by atoms with Gasteiger partial charge in [-0.3, -0.25) is 9.69 Å².